The highest BCUT2D eigenvalue weighted by Crippen LogP contribution is 2.36. The third-order valence-electron chi connectivity index (χ3n) is 4.78. The van der Waals surface area contributed by atoms with Crippen LogP contribution >= 0.6 is 0 Å². The zero-order chi connectivity index (χ0) is 14.0. The van der Waals surface area contributed by atoms with E-state index < -0.39 is 0 Å². The molecule has 0 aromatic carbocycles. The van der Waals surface area contributed by atoms with Gasteiger partial charge in [0.05, 0.1) is 5.69 Å². The molecule has 3 heteroatoms. The van der Waals surface area contributed by atoms with Crippen molar-refractivity contribution < 1.29 is 0 Å². The zero-order valence-corrected chi connectivity index (χ0v) is 12.9. The molecule has 0 bridgehead atoms. The molecule has 1 saturated carbocycles. The summed E-state index contributed by atoms with van der Waals surface area (Å²) < 4.78 is 2.02. The van der Waals surface area contributed by atoms with Gasteiger partial charge in [-0.15, -0.1) is 0 Å². The minimum absolute atomic E-state index is 0.0218. The Bertz CT molecular complexity index is 422. The lowest BCUT2D eigenvalue weighted by Crippen LogP contribution is -2.47. The molecule has 108 valence electrons. The highest BCUT2D eigenvalue weighted by atomic mass is 15.3. The smallest absolute Gasteiger partial charge is 0.0624 e. The van der Waals surface area contributed by atoms with Crippen molar-refractivity contribution in [3.63, 3.8) is 0 Å². The second kappa shape index (κ2) is 5.66. The van der Waals surface area contributed by atoms with Crippen molar-refractivity contribution in [2.75, 3.05) is 0 Å². The van der Waals surface area contributed by atoms with Crippen LogP contribution in [0.4, 0.5) is 0 Å². The predicted octanol–water partition coefficient (Wildman–Crippen LogP) is 3.07. The third kappa shape index (κ3) is 3.38. The summed E-state index contributed by atoms with van der Waals surface area (Å²) in [5.74, 6) is 1.54. The van der Waals surface area contributed by atoms with Gasteiger partial charge in [0.25, 0.3) is 0 Å². The van der Waals surface area contributed by atoms with Gasteiger partial charge < -0.3 is 5.73 Å². The van der Waals surface area contributed by atoms with Crippen LogP contribution in [0.1, 0.15) is 57.8 Å². The van der Waals surface area contributed by atoms with Crippen LogP contribution in [0.15, 0.2) is 6.07 Å². The van der Waals surface area contributed by atoms with Gasteiger partial charge in [0.1, 0.15) is 0 Å². The molecule has 1 fully saturated rings. The number of rotatable bonds is 4. The molecular weight excluding hydrogens is 234 g/mol. The Morgan fingerprint density at radius 1 is 1.53 bits per heavy atom. The normalized spacial score (nSPS) is 28.0. The first-order valence-electron chi connectivity index (χ1n) is 7.74. The first-order valence-corrected chi connectivity index (χ1v) is 7.74. The van der Waals surface area contributed by atoms with Crippen molar-refractivity contribution in [1.82, 2.24) is 9.78 Å². The van der Waals surface area contributed by atoms with Gasteiger partial charge in [-0.25, -0.2) is 0 Å². The molecule has 19 heavy (non-hydrogen) atoms. The molecule has 1 aromatic rings. The Morgan fingerprint density at radius 3 is 2.84 bits per heavy atom. The highest BCUT2D eigenvalue weighted by Gasteiger charge is 2.34. The van der Waals surface area contributed by atoms with Crippen LogP contribution in [0, 0.1) is 11.8 Å². The quantitative estimate of drug-likeness (QED) is 0.907. The summed E-state index contributed by atoms with van der Waals surface area (Å²) in [6.45, 7) is 6.81. The molecule has 1 aliphatic carbocycles. The van der Waals surface area contributed by atoms with Gasteiger partial charge in [-0.2, -0.15) is 5.10 Å². The Morgan fingerprint density at radius 2 is 2.26 bits per heavy atom. The van der Waals surface area contributed by atoms with E-state index in [0.717, 1.165) is 37.5 Å². The van der Waals surface area contributed by atoms with E-state index in [-0.39, 0.29) is 5.54 Å². The van der Waals surface area contributed by atoms with E-state index in [2.05, 4.69) is 31.9 Å². The van der Waals surface area contributed by atoms with Crippen molar-refractivity contribution >= 4 is 0 Å². The number of aryl methyl sites for hydroxylation is 2. The van der Waals surface area contributed by atoms with Crippen molar-refractivity contribution in [2.45, 2.75) is 64.8 Å². The standard InChI is InChI=1S/C16H29N3/c1-5-14-9-15(19(4)18-14)11-16(17)8-6-7-13(10-16)12(2)3/h9,12-13H,5-8,10-11,17H2,1-4H3. The summed E-state index contributed by atoms with van der Waals surface area (Å²) in [7, 11) is 2.04. The van der Waals surface area contributed by atoms with Crippen molar-refractivity contribution in [3.8, 4) is 0 Å². The minimum atomic E-state index is -0.0218. The maximum absolute atomic E-state index is 6.70. The molecular formula is C16H29N3. The molecule has 2 atom stereocenters. The second-order valence-corrected chi connectivity index (χ2v) is 6.74. The Kier molecular flexibility index (Phi) is 4.34. The molecule has 2 N–H and O–H groups in total. The van der Waals surface area contributed by atoms with E-state index in [0.29, 0.717) is 0 Å². The molecule has 2 rings (SSSR count). The molecule has 1 heterocycles. The van der Waals surface area contributed by atoms with Crippen LogP contribution in [0.5, 0.6) is 0 Å². The highest BCUT2D eigenvalue weighted by molar-refractivity contribution is 5.14. The van der Waals surface area contributed by atoms with Gasteiger partial charge in [0.15, 0.2) is 0 Å². The summed E-state index contributed by atoms with van der Waals surface area (Å²) in [4.78, 5) is 0. The fourth-order valence-corrected chi connectivity index (χ4v) is 3.44. The predicted molar refractivity (Wildman–Crippen MR) is 80.0 cm³/mol. The second-order valence-electron chi connectivity index (χ2n) is 6.74. The van der Waals surface area contributed by atoms with Crippen LogP contribution in [-0.2, 0) is 19.9 Å². The van der Waals surface area contributed by atoms with Crippen LogP contribution in [0.3, 0.4) is 0 Å². The van der Waals surface area contributed by atoms with E-state index in [1.165, 1.54) is 24.2 Å². The maximum atomic E-state index is 6.70. The summed E-state index contributed by atoms with van der Waals surface area (Å²) in [5, 5.41) is 4.54. The van der Waals surface area contributed by atoms with Gasteiger partial charge in [0, 0.05) is 24.7 Å². The van der Waals surface area contributed by atoms with Crippen molar-refractivity contribution in [1.29, 1.82) is 0 Å². The summed E-state index contributed by atoms with van der Waals surface area (Å²) in [6, 6.07) is 2.23. The molecule has 1 aromatic heterocycles. The zero-order valence-electron chi connectivity index (χ0n) is 12.9. The molecule has 0 saturated heterocycles. The minimum Gasteiger partial charge on any atom is -0.325 e. The van der Waals surface area contributed by atoms with Gasteiger partial charge in [-0.3, -0.25) is 4.68 Å². The van der Waals surface area contributed by atoms with E-state index in [1.807, 2.05) is 11.7 Å². The van der Waals surface area contributed by atoms with Crippen LogP contribution < -0.4 is 5.73 Å². The molecule has 1 aliphatic rings. The lowest BCUT2D eigenvalue weighted by molar-refractivity contribution is 0.180. The molecule has 2 unspecified atom stereocenters. The van der Waals surface area contributed by atoms with Gasteiger partial charge in [0.2, 0.25) is 0 Å². The monoisotopic (exact) mass is 263 g/mol. The number of hydrogen-bond donors (Lipinski definition) is 1. The van der Waals surface area contributed by atoms with Crippen LogP contribution in [0.2, 0.25) is 0 Å². The number of nitrogens with two attached hydrogens (primary N) is 1. The molecule has 3 nitrogen and oxygen atoms in total. The first-order chi connectivity index (χ1) is 8.93. The fraction of sp³-hybridized carbons (Fsp3) is 0.812. The lowest BCUT2D eigenvalue weighted by Gasteiger charge is -2.39. The summed E-state index contributed by atoms with van der Waals surface area (Å²) >= 11 is 0. The van der Waals surface area contributed by atoms with Gasteiger partial charge in [-0.05, 0) is 37.2 Å². The average molecular weight is 263 g/mol. The van der Waals surface area contributed by atoms with Crippen LogP contribution in [0.25, 0.3) is 0 Å². The molecule has 0 spiro atoms. The Labute approximate surface area is 117 Å². The first kappa shape index (κ1) is 14.6. The molecule has 0 radical (unpaired) electrons. The number of hydrogen-bond acceptors (Lipinski definition) is 2. The lowest BCUT2D eigenvalue weighted by atomic mass is 9.70. The van der Waals surface area contributed by atoms with Gasteiger partial charge >= 0.3 is 0 Å². The van der Waals surface area contributed by atoms with E-state index in [9.17, 15) is 0 Å². The average Bonchev–Trinajstić information content (AvgIpc) is 2.69. The summed E-state index contributed by atoms with van der Waals surface area (Å²) in [6.07, 6.45) is 6.92. The Hall–Kier alpha value is -0.830. The van der Waals surface area contributed by atoms with E-state index >= 15 is 0 Å². The SMILES string of the molecule is CCc1cc(CC2(N)CCCC(C(C)C)C2)n(C)n1. The topological polar surface area (TPSA) is 43.8 Å². The van der Waals surface area contributed by atoms with Crippen molar-refractivity contribution in [3.05, 3.63) is 17.5 Å². The Balaban J connectivity index is 2.09. The molecule has 0 amide bonds. The largest absolute Gasteiger partial charge is 0.325 e. The summed E-state index contributed by atoms with van der Waals surface area (Å²) in [5.41, 5.74) is 9.15. The fourth-order valence-electron chi connectivity index (χ4n) is 3.44. The third-order valence-corrected chi connectivity index (χ3v) is 4.78. The maximum Gasteiger partial charge on any atom is 0.0624 e. The number of aromatic nitrogens is 2. The van der Waals surface area contributed by atoms with Gasteiger partial charge in [-0.1, -0.05) is 33.6 Å². The van der Waals surface area contributed by atoms with Crippen LogP contribution in [-0.4, -0.2) is 15.3 Å². The van der Waals surface area contributed by atoms with E-state index in [4.69, 9.17) is 5.73 Å². The number of nitrogens with zero attached hydrogens (tertiary/aromatic N) is 2. The van der Waals surface area contributed by atoms with Crippen molar-refractivity contribution in [2.24, 2.45) is 24.6 Å². The molecule has 0 aliphatic heterocycles. The van der Waals surface area contributed by atoms with E-state index in [1.54, 1.807) is 0 Å².